The standard InChI is InChI=1S/C17H17ClN2O3S/c1-12-15(17(21)19-2)4-3-5-16(12)20-24(22,23)11-10-13-6-8-14(18)9-7-13/h3-11,20H,1-2H3,(H,19,21)/b11-10+. The second-order valence-electron chi connectivity index (χ2n) is 5.06. The predicted octanol–water partition coefficient (Wildman–Crippen LogP) is 3.42. The molecule has 0 saturated carbocycles. The first-order chi connectivity index (χ1) is 11.3. The lowest BCUT2D eigenvalue weighted by atomic mass is 10.1. The minimum atomic E-state index is -3.71. The van der Waals surface area contributed by atoms with Crippen LogP contribution >= 0.6 is 11.6 Å². The Balaban J connectivity index is 2.23. The summed E-state index contributed by atoms with van der Waals surface area (Å²) in [7, 11) is -2.19. The van der Waals surface area contributed by atoms with Crippen LogP contribution in [0.25, 0.3) is 6.08 Å². The van der Waals surface area contributed by atoms with Crippen molar-refractivity contribution in [3.05, 3.63) is 69.6 Å². The van der Waals surface area contributed by atoms with Gasteiger partial charge in [0, 0.05) is 17.6 Å². The lowest BCUT2D eigenvalue weighted by molar-refractivity contribution is 0.0962. The highest BCUT2D eigenvalue weighted by Gasteiger charge is 2.13. The Bertz CT molecular complexity index is 875. The molecule has 0 bridgehead atoms. The third-order valence-electron chi connectivity index (χ3n) is 3.37. The molecule has 0 spiro atoms. The van der Waals surface area contributed by atoms with Gasteiger partial charge in [-0.2, -0.15) is 0 Å². The van der Waals surface area contributed by atoms with Gasteiger partial charge < -0.3 is 5.32 Å². The van der Waals surface area contributed by atoms with Crippen LogP contribution in [-0.2, 0) is 10.0 Å². The van der Waals surface area contributed by atoms with Crippen LogP contribution in [0.4, 0.5) is 5.69 Å². The first kappa shape index (κ1) is 18.0. The van der Waals surface area contributed by atoms with E-state index in [-0.39, 0.29) is 5.91 Å². The van der Waals surface area contributed by atoms with E-state index in [1.165, 1.54) is 13.1 Å². The van der Waals surface area contributed by atoms with Gasteiger partial charge in [-0.3, -0.25) is 9.52 Å². The van der Waals surface area contributed by atoms with Gasteiger partial charge in [-0.25, -0.2) is 8.42 Å². The van der Waals surface area contributed by atoms with Gasteiger partial charge in [-0.1, -0.05) is 29.8 Å². The zero-order valence-electron chi connectivity index (χ0n) is 13.2. The molecular formula is C17H17ClN2O3S. The van der Waals surface area contributed by atoms with Crippen LogP contribution in [0.2, 0.25) is 5.02 Å². The monoisotopic (exact) mass is 364 g/mol. The van der Waals surface area contributed by atoms with Crippen LogP contribution in [0.1, 0.15) is 21.5 Å². The van der Waals surface area contributed by atoms with Crippen molar-refractivity contribution in [2.24, 2.45) is 0 Å². The molecule has 0 atom stereocenters. The second-order valence-corrected chi connectivity index (χ2v) is 7.06. The van der Waals surface area contributed by atoms with Crippen molar-refractivity contribution in [3.8, 4) is 0 Å². The quantitative estimate of drug-likeness (QED) is 0.853. The Hall–Kier alpha value is -2.31. The van der Waals surface area contributed by atoms with E-state index >= 15 is 0 Å². The highest BCUT2D eigenvalue weighted by atomic mass is 35.5. The molecule has 126 valence electrons. The van der Waals surface area contributed by atoms with E-state index < -0.39 is 10.0 Å². The lowest BCUT2D eigenvalue weighted by Gasteiger charge is -2.11. The van der Waals surface area contributed by atoms with Crippen molar-refractivity contribution in [2.45, 2.75) is 6.92 Å². The fourth-order valence-electron chi connectivity index (χ4n) is 2.06. The molecule has 0 radical (unpaired) electrons. The summed E-state index contributed by atoms with van der Waals surface area (Å²) in [6.45, 7) is 1.69. The number of halogens is 1. The number of hydrogen-bond donors (Lipinski definition) is 2. The van der Waals surface area contributed by atoms with Crippen molar-refractivity contribution >= 4 is 39.3 Å². The van der Waals surface area contributed by atoms with Crippen molar-refractivity contribution < 1.29 is 13.2 Å². The number of hydrogen-bond acceptors (Lipinski definition) is 3. The Kier molecular flexibility index (Phi) is 5.64. The lowest BCUT2D eigenvalue weighted by Crippen LogP contribution is -2.20. The second kappa shape index (κ2) is 7.51. The van der Waals surface area contributed by atoms with Crippen LogP contribution in [0.3, 0.4) is 0 Å². The Morgan fingerprint density at radius 2 is 1.79 bits per heavy atom. The molecular weight excluding hydrogens is 348 g/mol. The number of amides is 1. The number of rotatable bonds is 5. The molecule has 1 amide bonds. The van der Waals surface area contributed by atoms with E-state index in [0.717, 1.165) is 5.41 Å². The summed E-state index contributed by atoms with van der Waals surface area (Å²) in [5, 5.41) is 4.17. The van der Waals surface area contributed by atoms with Crippen LogP contribution in [0.15, 0.2) is 47.9 Å². The molecule has 0 fully saturated rings. The molecule has 5 nitrogen and oxygen atoms in total. The van der Waals surface area contributed by atoms with Crippen molar-refractivity contribution in [1.29, 1.82) is 0 Å². The van der Waals surface area contributed by atoms with Crippen molar-refractivity contribution in [2.75, 3.05) is 11.8 Å². The fourth-order valence-corrected chi connectivity index (χ4v) is 3.11. The maximum Gasteiger partial charge on any atom is 0.255 e. The van der Waals surface area contributed by atoms with Gasteiger partial charge in [0.1, 0.15) is 0 Å². The number of sulfonamides is 1. The SMILES string of the molecule is CNC(=O)c1cccc(NS(=O)(=O)/C=C/c2ccc(Cl)cc2)c1C. The Labute approximate surface area is 146 Å². The normalized spacial score (nSPS) is 11.5. The molecule has 0 aliphatic heterocycles. The molecule has 0 saturated heterocycles. The van der Waals surface area contributed by atoms with Gasteiger partial charge in [0.2, 0.25) is 0 Å². The zero-order valence-corrected chi connectivity index (χ0v) is 14.8. The topological polar surface area (TPSA) is 75.3 Å². The smallest absolute Gasteiger partial charge is 0.255 e. The fraction of sp³-hybridized carbons (Fsp3) is 0.118. The summed E-state index contributed by atoms with van der Waals surface area (Å²) in [6.07, 6.45) is 1.47. The Morgan fingerprint density at radius 1 is 1.12 bits per heavy atom. The molecule has 0 unspecified atom stereocenters. The van der Waals surface area contributed by atoms with Crippen LogP contribution < -0.4 is 10.0 Å². The van der Waals surface area contributed by atoms with Gasteiger partial charge in [0.15, 0.2) is 0 Å². The third-order valence-corrected chi connectivity index (χ3v) is 4.62. The molecule has 2 N–H and O–H groups in total. The molecule has 2 aromatic carbocycles. The average molecular weight is 365 g/mol. The number of anilines is 1. The summed E-state index contributed by atoms with van der Waals surface area (Å²) in [5.74, 6) is -0.273. The van der Waals surface area contributed by atoms with E-state index in [1.807, 2.05) is 0 Å². The van der Waals surface area contributed by atoms with Gasteiger partial charge in [0.25, 0.3) is 15.9 Å². The molecule has 2 rings (SSSR count). The van der Waals surface area contributed by atoms with E-state index in [9.17, 15) is 13.2 Å². The maximum absolute atomic E-state index is 12.2. The number of carbonyl (C=O) groups excluding carboxylic acids is 1. The van der Waals surface area contributed by atoms with Crippen LogP contribution in [-0.4, -0.2) is 21.4 Å². The first-order valence-electron chi connectivity index (χ1n) is 7.10. The highest BCUT2D eigenvalue weighted by molar-refractivity contribution is 7.95. The number of benzene rings is 2. The summed E-state index contributed by atoms with van der Waals surface area (Å²) < 4.78 is 26.9. The molecule has 0 aliphatic carbocycles. The molecule has 2 aromatic rings. The van der Waals surface area contributed by atoms with E-state index in [0.29, 0.717) is 27.4 Å². The van der Waals surface area contributed by atoms with Crippen LogP contribution in [0, 0.1) is 6.92 Å². The molecule has 0 aliphatic rings. The maximum atomic E-state index is 12.2. The number of carbonyl (C=O) groups is 1. The highest BCUT2D eigenvalue weighted by Crippen LogP contribution is 2.21. The molecule has 24 heavy (non-hydrogen) atoms. The van der Waals surface area contributed by atoms with Gasteiger partial charge in [0.05, 0.1) is 11.1 Å². The first-order valence-corrected chi connectivity index (χ1v) is 9.03. The largest absolute Gasteiger partial charge is 0.355 e. The average Bonchev–Trinajstić information content (AvgIpc) is 2.55. The Morgan fingerprint density at radius 3 is 2.42 bits per heavy atom. The van der Waals surface area contributed by atoms with Crippen molar-refractivity contribution in [3.63, 3.8) is 0 Å². The molecule has 0 aromatic heterocycles. The summed E-state index contributed by atoms with van der Waals surface area (Å²) in [6, 6.07) is 11.7. The third kappa shape index (κ3) is 4.59. The summed E-state index contributed by atoms with van der Waals surface area (Å²) in [4.78, 5) is 11.8. The van der Waals surface area contributed by atoms with Crippen LogP contribution in [0.5, 0.6) is 0 Å². The summed E-state index contributed by atoms with van der Waals surface area (Å²) in [5.41, 5.74) is 2.04. The van der Waals surface area contributed by atoms with E-state index in [4.69, 9.17) is 11.6 Å². The van der Waals surface area contributed by atoms with Gasteiger partial charge in [-0.15, -0.1) is 0 Å². The van der Waals surface area contributed by atoms with E-state index in [1.54, 1.807) is 49.4 Å². The van der Waals surface area contributed by atoms with Crippen molar-refractivity contribution in [1.82, 2.24) is 5.32 Å². The molecule has 0 heterocycles. The minimum absolute atomic E-state index is 0.273. The summed E-state index contributed by atoms with van der Waals surface area (Å²) >= 11 is 5.79. The van der Waals surface area contributed by atoms with Gasteiger partial charge >= 0.3 is 0 Å². The van der Waals surface area contributed by atoms with E-state index in [2.05, 4.69) is 10.0 Å². The van der Waals surface area contributed by atoms with Gasteiger partial charge in [-0.05, 0) is 48.4 Å². The predicted molar refractivity (Wildman–Crippen MR) is 97.6 cm³/mol. The zero-order chi connectivity index (χ0) is 17.7. The number of nitrogens with one attached hydrogen (secondary N) is 2. The molecule has 7 heteroatoms. The minimum Gasteiger partial charge on any atom is -0.355 e.